The zero-order chi connectivity index (χ0) is 18.5. The second-order valence-corrected chi connectivity index (χ2v) is 5.69. The van der Waals surface area contributed by atoms with Gasteiger partial charge in [0.05, 0.1) is 17.2 Å². The molecule has 1 aromatic heterocycles. The van der Waals surface area contributed by atoms with Gasteiger partial charge in [-0.25, -0.2) is 14.8 Å². The van der Waals surface area contributed by atoms with Crippen molar-refractivity contribution >= 4 is 5.97 Å². The highest BCUT2D eigenvalue weighted by Gasteiger charge is 2.07. The third kappa shape index (κ3) is 3.84. The van der Waals surface area contributed by atoms with Crippen LogP contribution in [-0.4, -0.2) is 21.0 Å². The Bertz CT molecular complexity index is 975. The van der Waals surface area contributed by atoms with Crippen molar-refractivity contribution in [1.29, 1.82) is 5.26 Å². The van der Waals surface area contributed by atoms with E-state index < -0.39 is 5.97 Å². The fraction of sp³-hybridized carbons (Fsp3) is 0.100. The Morgan fingerprint density at radius 2 is 1.85 bits per heavy atom. The second kappa shape index (κ2) is 7.45. The summed E-state index contributed by atoms with van der Waals surface area (Å²) in [7, 11) is 0. The Labute approximate surface area is 150 Å². The van der Waals surface area contributed by atoms with Crippen molar-refractivity contribution in [3.05, 3.63) is 77.1 Å². The van der Waals surface area contributed by atoms with Gasteiger partial charge in [-0.3, -0.25) is 0 Å². The highest BCUT2D eigenvalue weighted by Crippen LogP contribution is 2.21. The number of benzene rings is 2. The largest absolute Gasteiger partial charge is 0.489 e. The molecule has 0 fully saturated rings. The van der Waals surface area contributed by atoms with Crippen LogP contribution < -0.4 is 4.74 Å². The van der Waals surface area contributed by atoms with Crippen LogP contribution in [0.4, 0.5) is 0 Å². The van der Waals surface area contributed by atoms with Crippen molar-refractivity contribution in [3.8, 4) is 23.2 Å². The number of aromatic carboxylic acids is 1. The molecule has 6 nitrogen and oxygen atoms in total. The lowest BCUT2D eigenvalue weighted by atomic mass is 10.1. The molecule has 6 heteroatoms. The summed E-state index contributed by atoms with van der Waals surface area (Å²) in [6.45, 7) is 2.24. The summed E-state index contributed by atoms with van der Waals surface area (Å²) in [5.41, 5.74) is 3.26. The fourth-order valence-electron chi connectivity index (χ4n) is 2.37. The van der Waals surface area contributed by atoms with Crippen molar-refractivity contribution in [2.45, 2.75) is 13.5 Å². The van der Waals surface area contributed by atoms with Gasteiger partial charge in [-0.1, -0.05) is 12.1 Å². The van der Waals surface area contributed by atoms with Gasteiger partial charge in [0.15, 0.2) is 5.82 Å². The number of hydrogen-bond donors (Lipinski definition) is 1. The molecule has 1 heterocycles. The number of nitriles is 1. The normalized spacial score (nSPS) is 10.2. The van der Waals surface area contributed by atoms with Crippen molar-refractivity contribution < 1.29 is 14.6 Å². The van der Waals surface area contributed by atoms with Crippen LogP contribution in [0.2, 0.25) is 0 Å². The first-order valence-electron chi connectivity index (χ1n) is 7.85. The molecule has 2 aromatic carbocycles. The number of rotatable bonds is 5. The molecule has 0 radical (unpaired) electrons. The van der Waals surface area contributed by atoms with Crippen molar-refractivity contribution in [2.24, 2.45) is 0 Å². The molecule has 0 unspecified atom stereocenters. The Morgan fingerprint density at radius 3 is 2.46 bits per heavy atom. The number of carboxylic acid groups (broad SMARTS) is 1. The predicted octanol–water partition coefficient (Wildman–Crippen LogP) is 3.60. The molecule has 3 rings (SSSR count). The Hall–Kier alpha value is -3.72. The van der Waals surface area contributed by atoms with Gasteiger partial charge in [-0.15, -0.1) is 0 Å². The number of hydrogen-bond acceptors (Lipinski definition) is 5. The first-order chi connectivity index (χ1) is 12.6. The lowest BCUT2D eigenvalue weighted by Gasteiger charge is -2.09. The minimum atomic E-state index is -1.06. The van der Waals surface area contributed by atoms with E-state index in [1.54, 1.807) is 24.3 Å². The van der Waals surface area contributed by atoms with Gasteiger partial charge >= 0.3 is 5.97 Å². The van der Waals surface area contributed by atoms with Crippen molar-refractivity contribution in [2.75, 3.05) is 0 Å². The molecule has 0 bridgehead atoms. The lowest BCUT2D eigenvalue weighted by Crippen LogP contribution is -2.00. The number of ether oxygens (including phenoxy) is 1. The summed E-state index contributed by atoms with van der Waals surface area (Å²) in [4.78, 5) is 18.9. The molecular formula is C20H15N3O3. The monoisotopic (exact) mass is 345 g/mol. The van der Waals surface area contributed by atoms with Crippen LogP contribution >= 0.6 is 0 Å². The Kier molecular flexibility index (Phi) is 4.90. The van der Waals surface area contributed by atoms with Crippen molar-refractivity contribution in [1.82, 2.24) is 9.97 Å². The van der Waals surface area contributed by atoms with E-state index in [4.69, 9.17) is 9.84 Å². The molecule has 128 valence electrons. The maximum Gasteiger partial charge on any atom is 0.338 e. The second-order valence-electron chi connectivity index (χ2n) is 5.69. The number of carbonyl (C=O) groups is 1. The molecule has 0 atom stereocenters. The van der Waals surface area contributed by atoms with Gasteiger partial charge in [0.1, 0.15) is 12.4 Å². The molecule has 0 aliphatic rings. The standard InChI is InChI=1S/C20H15N3O3/c1-13-2-3-15(16(8-13)9-21)12-26-18-6-4-14(5-7-18)19-22-10-17(11-23-19)20(24)25/h2-8,10-11H,12H2,1H3,(H,24,25). The molecule has 0 saturated carbocycles. The van der Waals surface area contributed by atoms with E-state index in [1.165, 1.54) is 12.4 Å². The smallest absolute Gasteiger partial charge is 0.338 e. The van der Waals surface area contributed by atoms with E-state index in [1.807, 2.05) is 25.1 Å². The first kappa shape index (κ1) is 17.1. The minimum absolute atomic E-state index is 0.0418. The highest BCUT2D eigenvalue weighted by atomic mass is 16.5. The van der Waals surface area contributed by atoms with Crippen LogP contribution in [-0.2, 0) is 6.61 Å². The van der Waals surface area contributed by atoms with Gasteiger partial charge < -0.3 is 9.84 Å². The molecular weight excluding hydrogens is 330 g/mol. The zero-order valence-corrected chi connectivity index (χ0v) is 14.0. The molecule has 0 spiro atoms. The van der Waals surface area contributed by atoms with E-state index in [-0.39, 0.29) is 5.56 Å². The highest BCUT2D eigenvalue weighted by molar-refractivity contribution is 5.86. The molecule has 0 saturated heterocycles. The average Bonchev–Trinajstić information content (AvgIpc) is 2.67. The summed E-state index contributed by atoms with van der Waals surface area (Å²) >= 11 is 0. The topological polar surface area (TPSA) is 96.1 Å². The molecule has 3 aromatic rings. The van der Waals surface area contributed by atoms with Crippen LogP contribution in [0.1, 0.15) is 27.0 Å². The lowest BCUT2D eigenvalue weighted by molar-refractivity contribution is 0.0696. The van der Waals surface area contributed by atoms with E-state index in [0.29, 0.717) is 23.7 Å². The van der Waals surface area contributed by atoms with Gasteiger partial charge in [0.25, 0.3) is 0 Å². The maximum absolute atomic E-state index is 10.8. The summed E-state index contributed by atoms with van der Waals surface area (Å²) in [6, 6.07) is 15.0. The van der Waals surface area contributed by atoms with E-state index in [0.717, 1.165) is 16.7 Å². The SMILES string of the molecule is Cc1ccc(COc2ccc(-c3ncc(C(=O)O)cn3)cc2)c(C#N)c1. The van der Waals surface area contributed by atoms with Gasteiger partial charge in [-0.2, -0.15) is 5.26 Å². The van der Waals surface area contributed by atoms with Crippen LogP contribution in [0.15, 0.2) is 54.9 Å². The summed E-state index contributed by atoms with van der Waals surface area (Å²) in [6.07, 6.45) is 2.55. The quantitative estimate of drug-likeness (QED) is 0.759. The summed E-state index contributed by atoms with van der Waals surface area (Å²) in [5, 5.41) is 18.1. The average molecular weight is 345 g/mol. The number of nitrogens with zero attached hydrogens (tertiary/aromatic N) is 3. The molecule has 0 amide bonds. The third-order valence-corrected chi connectivity index (χ3v) is 3.79. The van der Waals surface area contributed by atoms with Crippen LogP contribution in [0.5, 0.6) is 5.75 Å². The maximum atomic E-state index is 10.8. The summed E-state index contributed by atoms with van der Waals surface area (Å²) < 4.78 is 5.75. The molecule has 0 aliphatic carbocycles. The number of carboxylic acids is 1. The van der Waals surface area contributed by atoms with Gasteiger partial charge in [-0.05, 0) is 42.8 Å². The molecule has 26 heavy (non-hydrogen) atoms. The first-order valence-corrected chi connectivity index (χ1v) is 7.85. The van der Waals surface area contributed by atoms with Gasteiger partial charge in [0.2, 0.25) is 0 Å². The summed E-state index contributed by atoms with van der Waals surface area (Å²) in [5.74, 6) is 0.0281. The van der Waals surface area contributed by atoms with E-state index in [2.05, 4.69) is 16.0 Å². The minimum Gasteiger partial charge on any atom is -0.489 e. The Balaban J connectivity index is 1.70. The third-order valence-electron chi connectivity index (χ3n) is 3.79. The number of aromatic nitrogens is 2. The van der Waals surface area contributed by atoms with Crippen LogP contribution in [0, 0.1) is 18.3 Å². The Morgan fingerprint density at radius 1 is 1.15 bits per heavy atom. The predicted molar refractivity (Wildman–Crippen MR) is 94.7 cm³/mol. The molecule has 1 N–H and O–H groups in total. The number of aryl methyl sites for hydroxylation is 1. The van der Waals surface area contributed by atoms with Crippen LogP contribution in [0.25, 0.3) is 11.4 Å². The van der Waals surface area contributed by atoms with Crippen LogP contribution in [0.3, 0.4) is 0 Å². The van der Waals surface area contributed by atoms with E-state index >= 15 is 0 Å². The zero-order valence-electron chi connectivity index (χ0n) is 14.0. The fourth-order valence-corrected chi connectivity index (χ4v) is 2.37. The van der Waals surface area contributed by atoms with Gasteiger partial charge in [0, 0.05) is 23.5 Å². The molecule has 0 aliphatic heterocycles. The van der Waals surface area contributed by atoms with Crippen molar-refractivity contribution in [3.63, 3.8) is 0 Å². The van der Waals surface area contributed by atoms with E-state index in [9.17, 15) is 10.1 Å².